The van der Waals surface area contributed by atoms with Gasteiger partial charge in [-0.2, -0.15) is 0 Å². The summed E-state index contributed by atoms with van der Waals surface area (Å²) in [5.74, 6) is 0. The van der Waals surface area contributed by atoms with Crippen LogP contribution in [0.15, 0.2) is 65.7 Å². The molecule has 1 saturated heterocycles. The number of aromatic nitrogens is 3. The minimum absolute atomic E-state index is 0.268. The lowest BCUT2D eigenvalue weighted by Crippen LogP contribution is -2.46. The summed E-state index contributed by atoms with van der Waals surface area (Å²) in [7, 11) is -3.29. The highest BCUT2D eigenvalue weighted by molar-refractivity contribution is 7.90. The quantitative estimate of drug-likeness (QED) is 0.391. The number of benzene rings is 2. The summed E-state index contributed by atoms with van der Waals surface area (Å²) in [4.78, 5) is 9.31. The van der Waals surface area contributed by atoms with E-state index in [9.17, 15) is 12.8 Å². The van der Waals surface area contributed by atoms with Gasteiger partial charge in [0.2, 0.25) is 6.33 Å². The molecule has 0 N–H and O–H groups in total. The van der Waals surface area contributed by atoms with Gasteiger partial charge in [-0.25, -0.2) is 17.9 Å². The Balaban J connectivity index is 1.50. The monoisotopic (exact) mass is 492 g/mol. The second kappa shape index (κ2) is 9.75. The SMILES string of the molecule is CS(=O)(=O)c1ccc(-c2c(-c3cccc(N4CCN(CCCF)CC4)c3)ccn3n[c]nc23)cc1. The Kier molecular flexibility index (Phi) is 6.53. The molecule has 3 heterocycles. The molecule has 1 radical (unpaired) electrons. The third-order valence-corrected chi connectivity index (χ3v) is 7.60. The summed E-state index contributed by atoms with van der Waals surface area (Å²) in [6, 6.07) is 17.3. The summed E-state index contributed by atoms with van der Waals surface area (Å²) in [5.41, 5.74) is 5.53. The van der Waals surface area contributed by atoms with E-state index >= 15 is 0 Å². The number of fused-ring (bicyclic) bond motifs is 1. The topological polar surface area (TPSA) is 70.8 Å². The zero-order valence-corrected chi connectivity index (χ0v) is 20.4. The summed E-state index contributed by atoms with van der Waals surface area (Å²) in [6.45, 7) is 4.17. The van der Waals surface area contributed by atoms with E-state index in [1.54, 1.807) is 16.6 Å². The largest absolute Gasteiger partial charge is 0.369 e. The average molecular weight is 493 g/mol. The molecule has 9 heteroatoms. The third-order valence-electron chi connectivity index (χ3n) is 6.47. The second-order valence-corrected chi connectivity index (χ2v) is 10.8. The number of hydrogen-bond acceptors (Lipinski definition) is 6. The van der Waals surface area contributed by atoms with Crippen LogP contribution < -0.4 is 4.90 Å². The molecular formula is C26H27FN5O2S. The first-order valence-electron chi connectivity index (χ1n) is 11.6. The van der Waals surface area contributed by atoms with Gasteiger partial charge in [-0.3, -0.25) is 9.29 Å². The Labute approximate surface area is 204 Å². The van der Waals surface area contributed by atoms with Crippen LogP contribution in [0.5, 0.6) is 0 Å². The van der Waals surface area contributed by atoms with Crippen molar-refractivity contribution in [3.8, 4) is 22.3 Å². The van der Waals surface area contributed by atoms with Crippen molar-refractivity contribution >= 4 is 21.2 Å². The van der Waals surface area contributed by atoms with Gasteiger partial charge in [-0.1, -0.05) is 24.3 Å². The Morgan fingerprint density at radius 3 is 2.49 bits per heavy atom. The van der Waals surface area contributed by atoms with Crippen LogP contribution in [0.1, 0.15) is 6.42 Å². The van der Waals surface area contributed by atoms with Crippen molar-refractivity contribution in [2.45, 2.75) is 11.3 Å². The normalized spacial score (nSPS) is 15.1. The number of rotatable bonds is 7. The predicted octanol–water partition coefficient (Wildman–Crippen LogP) is 3.75. The smallest absolute Gasteiger partial charge is 0.221 e. The van der Waals surface area contributed by atoms with Crippen molar-refractivity contribution < 1.29 is 12.8 Å². The zero-order chi connectivity index (χ0) is 24.4. The third kappa shape index (κ3) is 4.92. The van der Waals surface area contributed by atoms with Crippen molar-refractivity contribution in [3.63, 3.8) is 0 Å². The highest BCUT2D eigenvalue weighted by Gasteiger charge is 2.19. The minimum Gasteiger partial charge on any atom is -0.369 e. The average Bonchev–Trinajstić information content (AvgIpc) is 3.36. The van der Waals surface area contributed by atoms with Crippen LogP contribution in [-0.2, 0) is 9.84 Å². The highest BCUT2D eigenvalue weighted by Crippen LogP contribution is 2.36. The molecule has 35 heavy (non-hydrogen) atoms. The Morgan fingerprint density at radius 1 is 1.00 bits per heavy atom. The van der Waals surface area contributed by atoms with Crippen molar-refractivity contribution in [2.75, 3.05) is 50.6 Å². The second-order valence-electron chi connectivity index (χ2n) is 8.80. The van der Waals surface area contributed by atoms with Gasteiger partial charge in [-0.05, 0) is 53.4 Å². The number of hydrogen-bond donors (Lipinski definition) is 0. The first-order chi connectivity index (χ1) is 16.9. The number of anilines is 1. The van der Waals surface area contributed by atoms with Crippen molar-refractivity contribution in [3.05, 3.63) is 67.1 Å². The van der Waals surface area contributed by atoms with Gasteiger partial charge < -0.3 is 4.90 Å². The molecule has 0 aliphatic carbocycles. The lowest BCUT2D eigenvalue weighted by Gasteiger charge is -2.36. The van der Waals surface area contributed by atoms with Crippen LogP contribution in [0.2, 0.25) is 0 Å². The fourth-order valence-electron chi connectivity index (χ4n) is 4.62. The van der Waals surface area contributed by atoms with Gasteiger partial charge in [-0.15, -0.1) is 5.10 Å². The molecule has 2 aromatic heterocycles. The molecule has 0 unspecified atom stereocenters. The molecule has 5 rings (SSSR count). The first-order valence-corrected chi connectivity index (χ1v) is 13.5. The molecule has 4 aromatic rings. The zero-order valence-electron chi connectivity index (χ0n) is 19.6. The maximum atomic E-state index is 12.5. The van der Waals surface area contributed by atoms with E-state index in [0.717, 1.165) is 60.7 Å². The van der Waals surface area contributed by atoms with Gasteiger partial charge in [0.25, 0.3) is 0 Å². The number of halogens is 1. The lowest BCUT2D eigenvalue weighted by molar-refractivity contribution is 0.245. The fourth-order valence-corrected chi connectivity index (χ4v) is 5.25. The van der Waals surface area contributed by atoms with Crippen molar-refractivity contribution in [2.24, 2.45) is 0 Å². The molecule has 1 aliphatic rings. The molecule has 0 bridgehead atoms. The van der Waals surface area contributed by atoms with Crippen LogP contribution in [0.4, 0.5) is 10.1 Å². The minimum atomic E-state index is -3.29. The summed E-state index contributed by atoms with van der Waals surface area (Å²) in [6.07, 6.45) is 6.33. The number of pyridine rings is 1. The number of alkyl halides is 1. The fraction of sp³-hybridized carbons (Fsp3) is 0.308. The summed E-state index contributed by atoms with van der Waals surface area (Å²) >= 11 is 0. The van der Waals surface area contributed by atoms with E-state index in [2.05, 4.69) is 50.5 Å². The molecule has 181 valence electrons. The molecule has 1 fully saturated rings. The summed E-state index contributed by atoms with van der Waals surface area (Å²) in [5, 5.41) is 4.16. The van der Waals surface area contributed by atoms with Crippen LogP contribution in [-0.4, -0.2) is 73.6 Å². The van der Waals surface area contributed by atoms with Crippen molar-refractivity contribution in [1.29, 1.82) is 0 Å². The number of piperazine rings is 1. The van der Waals surface area contributed by atoms with Gasteiger partial charge >= 0.3 is 0 Å². The van der Waals surface area contributed by atoms with Gasteiger partial charge in [0.1, 0.15) is 0 Å². The van der Waals surface area contributed by atoms with Crippen molar-refractivity contribution in [1.82, 2.24) is 19.5 Å². The van der Waals surface area contributed by atoms with E-state index in [-0.39, 0.29) is 11.6 Å². The van der Waals surface area contributed by atoms with Crippen LogP contribution >= 0.6 is 0 Å². The number of nitrogens with zero attached hydrogens (tertiary/aromatic N) is 5. The molecule has 7 nitrogen and oxygen atoms in total. The van der Waals surface area contributed by atoms with E-state index in [1.807, 2.05) is 24.4 Å². The maximum Gasteiger partial charge on any atom is 0.221 e. The van der Waals surface area contributed by atoms with Crippen LogP contribution in [0, 0.1) is 6.33 Å². The molecule has 0 spiro atoms. The predicted molar refractivity (Wildman–Crippen MR) is 135 cm³/mol. The Hall–Kier alpha value is -3.30. The van der Waals surface area contributed by atoms with Gasteiger partial charge in [0.15, 0.2) is 15.5 Å². The van der Waals surface area contributed by atoms with Gasteiger partial charge in [0.05, 0.1) is 11.6 Å². The number of sulfone groups is 1. The molecule has 0 saturated carbocycles. The molecule has 2 aromatic carbocycles. The van der Waals surface area contributed by atoms with Gasteiger partial charge in [0, 0.05) is 56.4 Å². The maximum absolute atomic E-state index is 12.5. The van der Waals surface area contributed by atoms with E-state index in [0.29, 0.717) is 12.1 Å². The van der Waals surface area contributed by atoms with E-state index < -0.39 is 9.84 Å². The molecule has 0 amide bonds. The molecule has 1 aliphatic heterocycles. The first kappa shape index (κ1) is 23.4. The highest BCUT2D eigenvalue weighted by atomic mass is 32.2. The van der Waals surface area contributed by atoms with Crippen LogP contribution in [0.25, 0.3) is 27.9 Å². The summed E-state index contributed by atoms with van der Waals surface area (Å²) < 4.78 is 38.1. The molecular weight excluding hydrogens is 465 g/mol. The van der Waals surface area contributed by atoms with Crippen LogP contribution in [0.3, 0.4) is 0 Å². The Bertz CT molecular complexity index is 1430. The standard InChI is InChI=1S/C26H27FN5O2S/c1-35(33,34)23-8-6-20(7-9-23)25-24(10-13-32-26(25)28-19-29-32)21-4-2-5-22(18-21)31-16-14-30(15-17-31)12-3-11-27/h2,4-10,13,18H,3,11-12,14-17H2,1H3. The van der Waals surface area contributed by atoms with E-state index in [4.69, 9.17) is 0 Å². The Morgan fingerprint density at radius 2 is 1.77 bits per heavy atom. The van der Waals surface area contributed by atoms with E-state index in [1.165, 1.54) is 6.26 Å². The lowest BCUT2D eigenvalue weighted by atomic mass is 9.95. The molecule has 0 atom stereocenters.